The molecule has 0 aliphatic rings. The molecule has 0 aromatic heterocycles. The first-order chi connectivity index (χ1) is 8.01. The van der Waals surface area contributed by atoms with E-state index in [-0.39, 0.29) is 9.26 Å². The highest BCUT2D eigenvalue weighted by Gasteiger charge is 2.33. The molecule has 0 saturated carbocycles. The molecule has 0 atom stereocenters. The van der Waals surface area contributed by atoms with Crippen molar-refractivity contribution < 1.29 is 18.0 Å². The van der Waals surface area contributed by atoms with Crippen LogP contribution in [-0.4, -0.2) is 10.8 Å². The van der Waals surface area contributed by atoms with Crippen LogP contribution < -0.4 is 5.32 Å². The van der Waals surface area contributed by atoms with Crippen molar-refractivity contribution in [1.82, 2.24) is 0 Å². The normalized spacial score (nSPS) is 12.4. The number of carbonyl (C=O) groups excluding carboxylic acids is 1. The smallest absolute Gasteiger partial charge is 0.325 e. The zero-order chi connectivity index (χ0) is 14.1. The maximum absolute atomic E-state index is 12.7. The van der Waals surface area contributed by atoms with E-state index in [4.69, 9.17) is 11.6 Å². The minimum absolute atomic E-state index is 0.0708. The summed E-state index contributed by atoms with van der Waals surface area (Å²) in [6, 6.07) is 3.58. The van der Waals surface area contributed by atoms with Crippen molar-refractivity contribution in [3.63, 3.8) is 0 Å². The van der Waals surface area contributed by atoms with Crippen molar-refractivity contribution in [2.45, 2.75) is 24.9 Å². The molecule has 2 nitrogen and oxygen atoms in total. The summed E-state index contributed by atoms with van der Waals surface area (Å²) in [7, 11) is 0. The van der Waals surface area contributed by atoms with Gasteiger partial charge in [0.25, 0.3) is 0 Å². The minimum atomic E-state index is -4.45. The van der Waals surface area contributed by atoms with Crippen LogP contribution >= 0.6 is 34.2 Å². The van der Waals surface area contributed by atoms with E-state index in [1.165, 1.54) is 26.0 Å². The molecule has 1 N–H and O–H groups in total. The van der Waals surface area contributed by atoms with E-state index in [1.54, 1.807) is 22.6 Å². The molecule has 1 rings (SSSR count). The predicted octanol–water partition coefficient (Wildman–Crippen LogP) is 4.27. The summed E-state index contributed by atoms with van der Waals surface area (Å²) in [5, 5.41) is 2.35. The second-order valence-corrected chi connectivity index (χ2v) is 6.23. The van der Waals surface area contributed by atoms with Gasteiger partial charge in [0.1, 0.15) is 4.87 Å². The third-order valence-electron chi connectivity index (χ3n) is 2.07. The fourth-order valence-electron chi connectivity index (χ4n) is 1.10. The van der Waals surface area contributed by atoms with Crippen molar-refractivity contribution in [3.8, 4) is 0 Å². The largest absolute Gasteiger partial charge is 0.417 e. The first-order valence-corrected chi connectivity index (χ1v) is 6.34. The maximum Gasteiger partial charge on any atom is 0.417 e. The molecule has 100 valence electrons. The first kappa shape index (κ1) is 15.6. The molecule has 0 bridgehead atoms. The summed E-state index contributed by atoms with van der Waals surface area (Å²) >= 11 is 7.35. The molecule has 1 aromatic rings. The minimum Gasteiger partial charge on any atom is -0.325 e. The number of benzene rings is 1. The average Bonchev–Trinajstić information content (AvgIpc) is 2.17. The van der Waals surface area contributed by atoms with Crippen LogP contribution in [0.3, 0.4) is 0 Å². The molecule has 1 aromatic carbocycles. The molecule has 0 aliphatic heterocycles. The summed E-state index contributed by atoms with van der Waals surface area (Å²) in [5.41, 5.74) is -0.713. The third kappa shape index (κ3) is 4.01. The summed E-state index contributed by atoms with van der Waals surface area (Å²) in [5.74, 6) is -0.557. The molecular weight excluding hydrogens is 381 g/mol. The Labute approximate surface area is 121 Å². The maximum atomic E-state index is 12.7. The van der Waals surface area contributed by atoms with Crippen LogP contribution in [0.15, 0.2) is 18.2 Å². The van der Waals surface area contributed by atoms with Gasteiger partial charge >= 0.3 is 6.18 Å². The van der Waals surface area contributed by atoms with E-state index >= 15 is 0 Å². The fourth-order valence-corrected chi connectivity index (χ4v) is 1.79. The molecule has 0 aliphatic carbocycles. The topological polar surface area (TPSA) is 29.1 Å². The summed E-state index contributed by atoms with van der Waals surface area (Å²) in [6.07, 6.45) is -4.45. The SMILES string of the molecule is CC(C)(Cl)C(=O)Nc1ccc(I)c(C(F)(F)F)c1. The van der Waals surface area contributed by atoms with Crippen molar-refractivity contribution in [3.05, 3.63) is 27.3 Å². The zero-order valence-electron chi connectivity index (χ0n) is 9.53. The standard InChI is InChI=1S/C11H10ClF3INO/c1-10(2,12)9(18)17-6-3-4-8(16)7(5-6)11(13,14)15/h3-5H,1-2H3,(H,17,18). The number of anilines is 1. The lowest BCUT2D eigenvalue weighted by atomic mass is 10.1. The lowest BCUT2D eigenvalue weighted by Gasteiger charge is -2.17. The van der Waals surface area contributed by atoms with Crippen molar-refractivity contribution in [2.75, 3.05) is 5.32 Å². The van der Waals surface area contributed by atoms with E-state index in [9.17, 15) is 18.0 Å². The van der Waals surface area contributed by atoms with Gasteiger partial charge in [0, 0.05) is 9.26 Å². The molecule has 1 amide bonds. The average molecular weight is 392 g/mol. The van der Waals surface area contributed by atoms with E-state index in [0.717, 1.165) is 6.07 Å². The highest BCUT2D eigenvalue weighted by atomic mass is 127. The number of amides is 1. The van der Waals surface area contributed by atoms with Gasteiger partial charge in [0.05, 0.1) is 5.56 Å². The van der Waals surface area contributed by atoms with Gasteiger partial charge in [-0.2, -0.15) is 13.2 Å². The highest BCUT2D eigenvalue weighted by molar-refractivity contribution is 14.1. The molecule has 18 heavy (non-hydrogen) atoms. The van der Waals surface area contributed by atoms with E-state index in [2.05, 4.69) is 5.32 Å². The quantitative estimate of drug-likeness (QED) is 0.592. The monoisotopic (exact) mass is 391 g/mol. The van der Waals surface area contributed by atoms with Crippen LogP contribution in [0.5, 0.6) is 0 Å². The lowest BCUT2D eigenvalue weighted by Crippen LogP contribution is -2.31. The van der Waals surface area contributed by atoms with E-state index < -0.39 is 22.5 Å². The van der Waals surface area contributed by atoms with Gasteiger partial charge in [0.15, 0.2) is 0 Å². The summed E-state index contributed by atoms with van der Waals surface area (Å²) in [4.78, 5) is 10.4. The van der Waals surface area contributed by atoms with Gasteiger partial charge in [-0.25, -0.2) is 0 Å². The predicted molar refractivity (Wildman–Crippen MR) is 72.7 cm³/mol. The number of halogens is 5. The van der Waals surface area contributed by atoms with Crippen LogP contribution in [0.25, 0.3) is 0 Å². The van der Waals surface area contributed by atoms with Gasteiger partial charge < -0.3 is 5.32 Å². The van der Waals surface area contributed by atoms with Crippen LogP contribution in [-0.2, 0) is 11.0 Å². The Balaban J connectivity index is 3.04. The molecule has 0 fully saturated rings. The number of alkyl halides is 4. The number of carbonyl (C=O) groups is 1. The molecule has 0 unspecified atom stereocenters. The molecule has 0 heterocycles. The Morgan fingerprint density at radius 1 is 1.33 bits per heavy atom. The Hall–Kier alpha value is -0.500. The van der Waals surface area contributed by atoms with Crippen LogP contribution in [0.4, 0.5) is 18.9 Å². The zero-order valence-corrected chi connectivity index (χ0v) is 12.4. The molecule has 0 saturated heterocycles. The van der Waals surface area contributed by atoms with Gasteiger partial charge in [-0.05, 0) is 54.6 Å². The van der Waals surface area contributed by atoms with Crippen LogP contribution in [0.1, 0.15) is 19.4 Å². The lowest BCUT2D eigenvalue weighted by molar-refractivity contribution is -0.138. The molecular formula is C11H10ClF3INO. The number of hydrogen-bond donors (Lipinski definition) is 1. The Morgan fingerprint density at radius 3 is 2.33 bits per heavy atom. The second-order valence-electron chi connectivity index (χ2n) is 4.12. The van der Waals surface area contributed by atoms with Gasteiger partial charge in [-0.3, -0.25) is 4.79 Å². The Kier molecular flexibility index (Phi) is 4.53. The molecule has 0 radical (unpaired) electrons. The number of rotatable bonds is 2. The first-order valence-electron chi connectivity index (χ1n) is 4.89. The third-order valence-corrected chi connectivity index (χ3v) is 3.18. The molecule has 7 heteroatoms. The van der Waals surface area contributed by atoms with Crippen molar-refractivity contribution in [1.29, 1.82) is 0 Å². The summed E-state index contributed by atoms with van der Waals surface area (Å²) in [6.45, 7) is 2.92. The van der Waals surface area contributed by atoms with Crippen molar-refractivity contribution in [2.24, 2.45) is 0 Å². The highest BCUT2D eigenvalue weighted by Crippen LogP contribution is 2.34. The molecule has 0 spiro atoms. The fraction of sp³-hybridized carbons (Fsp3) is 0.364. The van der Waals surface area contributed by atoms with Gasteiger partial charge in [-0.1, -0.05) is 0 Å². The Morgan fingerprint density at radius 2 is 1.89 bits per heavy atom. The van der Waals surface area contributed by atoms with Crippen LogP contribution in [0, 0.1) is 3.57 Å². The Bertz CT molecular complexity index is 468. The number of nitrogens with one attached hydrogen (secondary N) is 1. The van der Waals surface area contributed by atoms with Gasteiger partial charge in [0.2, 0.25) is 5.91 Å². The summed E-state index contributed by atoms with van der Waals surface area (Å²) < 4.78 is 38.0. The van der Waals surface area contributed by atoms with E-state index in [1.807, 2.05) is 0 Å². The number of hydrogen-bond acceptors (Lipinski definition) is 1. The van der Waals surface area contributed by atoms with Crippen LogP contribution in [0.2, 0.25) is 0 Å². The van der Waals surface area contributed by atoms with Gasteiger partial charge in [-0.15, -0.1) is 11.6 Å². The second kappa shape index (κ2) is 5.24. The van der Waals surface area contributed by atoms with E-state index in [0.29, 0.717) is 0 Å². The van der Waals surface area contributed by atoms with Crippen molar-refractivity contribution >= 4 is 45.8 Å².